The van der Waals surface area contributed by atoms with Crippen LogP contribution in [0.25, 0.3) is 0 Å². The van der Waals surface area contributed by atoms with Crippen molar-refractivity contribution in [2.45, 2.75) is 46.4 Å². The lowest BCUT2D eigenvalue weighted by atomic mass is 10.1. The monoisotopic (exact) mass is 361 g/mol. The summed E-state index contributed by atoms with van der Waals surface area (Å²) < 4.78 is 11.6. The van der Waals surface area contributed by atoms with Crippen LogP contribution in [0.15, 0.2) is 42.5 Å². The molecule has 2 rings (SSSR count). The molecule has 25 heavy (non-hydrogen) atoms. The van der Waals surface area contributed by atoms with E-state index in [0.717, 1.165) is 42.5 Å². The van der Waals surface area contributed by atoms with Gasteiger partial charge in [0.25, 0.3) is 0 Å². The number of hydrogen-bond acceptors (Lipinski definition) is 3. The van der Waals surface area contributed by atoms with Gasteiger partial charge in [-0.05, 0) is 57.5 Å². The van der Waals surface area contributed by atoms with Gasteiger partial charge in [-0.3, -0.25) is 0 Å². The van der Waals surface area contributed by atoms with E-state index >= 15 is 0 Å². The van der Waals surface area contributed by atoms with E-state index < -0.39 is 0 Å². The third-order valence-corrected chi connectivity index (χ3v) is 4.00. The molecule has 0 spiro atoms. The molecule has 4 heteroatoms. The number of hydrogen-bond donors (Lipinski definition) is 1. The Labute approximate surface area is 156 Å². The van der Waals surface area contributed by atoms with E-state index in [1.54, 1.807) is 0 Å². The molecule has 0 atom stereocenters. The van der Waals surface area contributed by atoms with Crippen molar-refractivity contribution in [2.24, 2.45) is 0 Å². The maximum Gasteiger partial charge on any atom is 0.124 e. The van der Waals surface area contributed by atoms with E-state index in [2.05, 4.69) is 50.4 Å². The fourth-order valence-corrected chi connectivity index (χ4v) is 2.72. The third-order valence-electron chi connectivity index (χ3n) is 3.76. The van der Waals surface area contributed by atoms with E-state index in [0.29, 0.717) is 6.61 Å². The first-order valence-electron chi connectivity index (χ1n) is 8.83. The fourth-order valence-electron chi connectivity index (χ4n) is 2.53. The summed E-state index contributed by atoms with van der Waals surface area (Å²) in [5.41, 5.74) is 3.48. The standard InChI is InChI=1S/C21H28ClNO2/c1-16(2)24-11-5-10-23-14-19-13-20(22)8-9-21(19)25-15-18-7-4-6-17(3)12-18/h4,6-9,12-13,16,23H,5,10-11,14-15H2,1-3H3. The van der Waals surface area contributed by atoms with Crippen molar-refractivity contribution in [1.29, 1.82) is 0 Å². The Kier molecular flexibility index (Phi) is 8.26. The second kappa shape index (κ2) is 10.4. The van der Waals surface area contributed by atoms with Gasteiger partial charge in [0.2, 0.25) is 0 Å². The number of rotatable bonds is 10. The fraction of sp³-hybridized carbons (Fsp3) is 0.429. The van der Waals surface area contributed by atoms with Gasteiger partial charge in [-0.25, -0.2) is 0 Å². The minimum Gasteiger partial charge on any atom is -0.489 e. The van der Waals surface area contributed by atoms with Crippen LogP contribution in [0.5, 0.6) is 5.75 Å². The zero-order valence-electron chi connectivity index (χ0n) is 15.3. The summed E-state index contributed by atoms with van der Waals surface area (Å²) in [7, 11) is 0. The van der Waals surface area contributed by atoms with Crippen molar-refractivity contribution in [3.8, 4) is 5.75 Å². The van der Waals surface area contributed by atoms with Gasteiger partial charge in [-0.15, -0.1) is 0 Å². The lowest BCUT2D eigenvalue weighted by Gasteiger charge is -2.13. The van der Waals surface area contributed by atoms with Gasteiger partial charge in [-0.1, -0.05) is 41.4 Å². The molecule has 0 amide bonds. The number of ether oxygens (including phenoxy) is 2. The highest BCUT2D eigenvalue weighted by molar-refractivity contribution is 6.30. The molecule has 2 aromatic carbocycles. The smallest absolute Gasteiger partial charge is 0.124 e. The van der Waals surface area contributed by atoms with Gasteiger partial charge in [0.05, 0.1) is 6.10 Å². The summed E-state index contributed by atoms with van der Waals surface area (Å²) in [5.74, 6) is 0.872. The van der Waals surface area contributed by atoms with Crippen molar-refractivity contribution in [1.82, 2.24) is 5.32 Å². The van der Waals surface area contributed by atoms with Crippen molar-refractivity contribution in [3.05, 3.63) is 64.2 Å². The van der Waals surface area contributed by atoms with E-state index in [1.807, 2.05) is 18.2 Å². The first kappa shape index (κ1) is 19.8. The number of halogens is 1. The van der Waals surface area contributed by atoms with Gasteiger partial charge in [-0.2, -0.15) is 0 Å². The maximum absolute atomic E-state index is 6.15. The number of aryl methyl sites for hydroxylation is 1. The van der Waals surface area contributed by atoms with Gasteiger partial charge in [0.1, 0.15) is 12.4 Å². The van der Waals surface area contributed by atoms with Crippen LogP contribution < -0.4 is 10.1 Å². The molecular formula is C21H28ClNO2. The maximum atomic E-state index is 6.15. The zero-order valence-corrected chi connectivity index (χ0v) is 16.1. The second-order valence-corrected chi connectivity index (χ2v) is 6.92. The quantitative estimate of drug-likeness (QED) is 0.595. The minimum atomic E-state index is 0.287. The zero-order chi connectivity index (χ0) is 18.1. The molecule has 0 fully saturated rings. The first-order valence-corrected chi connectivity index (χ1v) is 9.21. The van der Waals surface area contributed by atoms with E-state index in [-0.39, 0.29) is 6.10 Å². The molecule has 0 bridgehead atoms. The Bertz CT molecular complexity index is 658. The molecule has 0 saturated heterocycles. The minimum absolute atomic E-state index is 0.287. The van der Waals surface area contributed by atoms with Crippen LogP contribution in [-0.4, -0.2) is 19.3 Å². The third kappa shape index (κ3) is 7.47. The molecule has 0 aliphatic carbocycles. The molecule has 136 valence electrons. The number of benzene rings is 2. The summed E-state index contributed by atoms with van der Waals surface area (Å²) in [4.78, 5) is 0. The number of nitrogens with one attached hydrogen (secondary N) is 1. The van der Waals surface area contributed by atoms with Crippen LogP contribution in [-0.2, 0) is 17.9 Å². The highest BCUT2D eigenvalue weighted by atomic mass is 35.5. The van der Waals surface area contributed by atoms with Gasteiger partial charge in [0.15, 0.2) is 0 Å². The molecule has 0 radical (unpaired) electrons. The molecule has 0 heterocycles. The SMILES string of the molecule is Cc1cccc(COc2ccc(Cl)cc2CNCCCOC(C)C)c1. The van der Waals surface area contributed by atoms with Crippen molar-refractivity contribution in [2.75, 3.05) is 13.2 Å². The Hall–Kier alpha value is -1.55. The molecule has 2 aromatic rings. The van der Waals surface area contributed by atoms with Gasteiger partial charge >= 0.3 is 0 Å². The Morgan fingerprint density at radius 3 is 2.72 bits per heavy atom. The molecule has 0 aliphatic rings. The summed E-state index contributed by atoms with van der Waals surface area (Å²) in [6, 6.07) is 14.1. The van der Waals surface area contributed by atoms with Crippen molar-refractivity contribution in [3.63, 3.8) is 0 Å². The van der Waals surface area contributed by atoms with E-state index in [9.17, 15) is 0 Å². The average Bonchev–Trinajstić information content (AvgIpc) is 2.57. The second-order valence-electron chi connectivity index (χ2n) is 6.48. The van der Waals surface area contributed by atoms with Gasteiger partial charge in [0, 0.05) is 23.7 Å². The molecule has 0 saturated carbocycles. The first-order chi connectivity index (χ1) is 12.0. The lowest BCUT2D eigenvalue weighted by molar-refractivity contribution is 0.0770. The molecule has 0 aliphatic heterocycles. The molecular weight excluding hydrogens is 334 g/mol. The molecule has 0 aromatic heterocycles. The van der Waals surface area contributed by atoms with Crippen LogP contribution in [0.3, 0.4) is 0 Å². The normalized spacial score (nSPS) is 11.1. The Morgan fingerprint density at radius 2 is 1.96 bits per heavy atom. The average molecular weight is 362 g/mol. The van der Waals surface area contributed by atoms with Crippen LogP contribution in [0.2, 0.25) is 5.02 Å². The Balaban J connectivity index is 1.86. The predicted octanol–water partition coefficient (Wildman–Crippen LogP) is 5.13. The highest BCUT2D eigenvalue weighted by Crippen LogP contribution is 2.24. The molecule has 0 unspecified atom stereocenters. The highest BCUT2D eigenvalue weighted by Gasteiger charge is 2.06. The Morgan fingerprint density at radius 1 is 1.12 bits per heavy atom. The lowest BCUT2D eigenvalue weighted by Crippen LogP contribution is -2.18. The van der Waals surface area contributed by atoms with Crippen molar-refractivity contribution >= 4 is 11.6 Å². The van der Waals surface area contributed by atoms with E-state index in [4.69, 9.17) is 21.1 Å². The van der Waals surface area contributed by atoms with Crippen LogP contribution in [0.1, 0.15) is 37.0 Å². The predicted molar refractivity (Wildman–Crippen MR) is 104 cm³/mol. The topological polar surface area (TPSA) is 30.5 Å². The van der Waals surface area contributed by atoms with Crippen LogP contribution in [0, 0.1) is 6.92 Å². The largest absolute Gasteiger partial charge is 0.489 e. The summed E-state index contributed by atoms with van der Waals surface area (Å²) in [6.45, 7) is 9.15. The van der Waals surface area contributed by atoms with Crippen molar-refractivity contribution < 1.29 is 9.47 Å². The molecule has 1 N–H and O–H groups in total. The summed E-state index contributed by atoms with van der Waals surface area (Å²) in [5, 5.41) is 4.16. The van der Waals surface area contributed by atoms with Gasteiger partial charge < -0.3 is 14.8 Å². The van der Waals surface area contributed by atoms with Crippen LogP contribution in [0.4, 0.5) is 0 Å². The van der Waals surface area contributed by atoms with Crippen LogP contribution >= 0.6 is 11.6 Å². The van der Waals surface area contributed by atoms with E-state index in [1.165, 1.54) is 11.1 Å². The summed E-state index contributed by atoms with van der Waals surface area (Å²) >= 11 is 6.15. The summed E-state index contributed by atoms with van der Waals surface area (Å²) in [6.07, 6.45) is 1.27. The molecule has 3 nitrogen and oxygen atoms in total.